The largest absolute Gasteiger partial charge is 0.321 e. The van der Waals surface area contributed by atoms with Crippen LogP contribution in [0.2, 0.25) is 0 Å². The molecule has 2 rings (SSSR count). The van der Waals surface area contributed by atoms with E-state index in [-0.39, 0.29) is 17.0 Å². The van der Waals surface area contributed by atoms with Gasteiger partial charge in [0.25, 0.3) is 0 Å². The third-order valence-electron chi connectivity index (χ3n) is 3.43. The van der Waals surface area contributed by atoms with E-state index in [4.69, 9.17) is 5.26 Å². The predicted molar refractivity (Wildman–Crippen MR) is 68.4 cm³/mol. The molecule has 106 valence electrons. The van der Waals surface area contributed by atoms with Gasteiger partial charge in [0.1, 0.15) is 17.8 Å². The van der Waals surface area contributed by atoms with Gasteiger partial charge in [-0.1, -0.05) is 0 Å². The molecule has 0 aliphatic carbocycles. The number of carbonyl (C=O) groups excluding carboxylic acids is 1. The van der Waals surface area contributed by atoms with Crippen LogP contribution in [0.4, 0.5) is 8.78 Å². The minimum Gasteiger partial charge on any atom is -0.321 e. The summed E-state index contributed by atoms with van der Waals surface area (Å²) in [5, 5.41) is 11.6. The number of nitrogens with one attached hydrogen (secondary N) is 1. The molecule has 20 heavy (non-hydrogen) atoms. The van der Waals surface area contributed by atoms with E-state index < -0.39 is 23.3 Å². The Morgan fingerprint density at radius 2 is 1.95 bits per heavy atom. The second-order valence-electron chi connectivity index (χ2n) is 5.23. The Hall–Kier alpha value is -2.00. The number of hydrogen-bond acceptors (Lipinski definition) is 3. The van der Waals surface area contributed by atoms with Crippen LogP contribution in [0, 0.1) is 23.0 Å². The number of benzene rings is 1. The molecule has 1 aromatic rings. The summed E-state index contributed by atoms with van der Waals surface area (Å²) < 4.78 is 28.1. The number of amides is 1. The van der Waals surface area contributed by atoms with Crippen LogP contribution >= 0.6 is 0 Å². The fourth-order valence-corrected chi connectivity index (χ4v) is 2.42. The molecular formula is C14H15F2N3O. The molecule has 0 aromatic heterocycles. The zero-order valence-corrected chi connectivity index (χ0v) is 11.5. The normalized spacial score (nSPS) is 21.1. The summed E-state index contributed by atoms with van der Waals surface area (Å²) in [6.45, 7) is 5.40. The second-order valence-corrected chi connectivity index (χ2v) is 5.23. The molecule has 4 nitrogen and oxygen atoms in total. The molecule has 1 amide bonds. The zero-order chi connectivity index (χ0) is 15.1. The second kappa shape index (κ2) is 4.84. The number of halogens is 2. The summed E-state index contributed by atoms with van der Waals surface area (Å²) in [5.74, 6) is -1.88. The lowest BCUT2D eigenvalue weighted by atomic mass is 10.1. The Kier molecular flexibility index (Phi) is 3.48. The van der Waals surface area contributed by atoms with Crippen molar-refractivity contribution in [2.24, 2.45) is 0 Å². The molecule has 0 bridgehead atoms. The van der Waals surface area contributed by atoms with Crippen molar-refractivity contribution in [1.29, 1.82) is 5.26 Å². The van der Waals surface area contributed by atoms with Gasteiger partial charge in [-0.25, -0.2) is 8.78 Å². The first kappa shape index (κ1) is 14.4. The highest BCUT2D eigenvalue weighted by atomic mass is 19.1. The van der Waals surface area contributed by atoms with E-state index in [1.54, 1.807) is 26.8 Å². The maximum absolute atomic E-state index is 14.1. The lowest BCUT2D eigenvalue weighted by Gasteiger charge is -2.23. The highest BCUT2D eigenvalue weighted by molar-refractivity contribution is 5.88. The molecular weight excluding hydrogens is 264 g/mol. The van der Waals surface area contributed by atoms with E-state index >= 15 is 0 Å². The Balaban J connectivity index is 2.52. The minimum atomic E-state index is -0.881. The lowest BCUT2D eigenvalue weighted by molar-refractivity contribution is -0.132. The van der Waals surface area contributed by atoms with E-state index in [2.05, 4.69) is 5.32 Å². The van der Waals surface area contributed by atoms with Crippen LogP contribution in [-0.2, 0) is 4.79 Å². The van der Waals surface area contributed by atoms with Crippen LogP contribution in [-0.4, -0.2) is 22.9 Å². The Labute approximate surface area is 116 Å². The summed E-state index contributed by atoms with van der Waals surface area (Å²) in [6.07, 6.45) is -0.866. The highest BCUT2D eigenvalue weighted by Crippen LogP contribution is 2.33. The van der Waals surface area contributed by atoms with Gasteiger partial charge in [-0.15, -0.1) is 0 Å². The zero-order valence-electron chi connectivity index (χ0n) is 11.5. The van der Waals surface area contributed by atoms with E-state index in [0.29, 0.717) is 6.54 Å². The van der Waals surface area contributed by atoms with Crippen molar-refractivity contribution in [3.8, 4) is 6.07 Å². The summed E-state index contributed by atoms with van der Waals surface area (Å²) in [6, 6.07) is 3.65. The Morgan fingerprint density at radius 1 is 1.40 bits per heavy atom. The van der Waals surface area contributed by atoms with E-state index in [1.165, 1.54) is 4.90 Å². The third kappa shape index (κ3) is 2.14. The standard InChI is InChI=1S/C14H15F2N3O/c1-4-19-12(18-14(2,3)13(19)20)11-9(15)5-8(7-17)6-10(11)16/h5-6,12,18H,4H2,1-3H3. The van der Waals surface area contributed by atoms with Gasteiger partial charge in [-0.3, -0.25) is 10.1 Å². The molecule has 0 radical (unpaired) electrons. The van der Waals surface area contributed by atoms with Crippen LogP contribution in [0.5, 0.6) is 0 Å². The molecule has 1 fully saturated rings. The van der Waals surface area contributed by atoms with Gasteiger partial charge in [0.2, 0.25) is 5.91 Å². The molecule has 1 N–H and O–H groups in total. The monoisotopic (exact) mass is 279 g/mol. The van der Waals surface area contributed by atoms with Crippen LogP contribution in [0.25, 0.3) is 0 Å². The molecule has 1 unspecified atom stereocenters. The molecule has 1 aliphatic heterocycles. The number of nitrogens with zero attached hydrogens (tertiary/aromatic N) is 2. The van der Waals surface area contributed by atoms with Gasteiger partial charge in [0.05, 0.1) is 22.7 Å². The van der Waals surface area contributed by atoms with Gasteiger partial charge in [0, 0.05) is 6.54 Å². The Bertz CT molecular complexity index is 584. The van der Waals surface area contributed by atoms with Gasteiger partial charge in [0.15, 0.2) is 0 Å². The predicted octanol–water partition coefficient (Wildman–Crippen LogP) is 2.07. The summed E-state index contributed by atoms with van der Waals surface area (Å²) in [4.78, 5) is 13.5. The fourth-order valence-electron chi connectivity index (χ4n) is 2.42. The molecule has 0 spiro atoms. The quantitative estimate of drug-likeness (QED) is 0.901. The Morgan fingerprint density at radius 3 is 2.40 bits per heavy atom. The number of hydrogen-bond donors (Lipinski definition) is 1. The van der Waals surface area contributed by atoms with E-state index in [1.807, 2.05) is 0 Å². The van der Waals surface area contributed by atoms with Crippen molar-refractivity contribution in [3.63, 3.8) is 0 Å². The number of rotatable bonds is 2. The molecule has 1 aromatic carbocycles. The van der Waals surface area contributed by atoms with Crippen molar-refractivity contribution in [2.75, 3.05) is 6.54 Å². The van der Waals surface area contributed by atoms with Crippen LogP contribution in [0.1, 0.15) is 38.1 Å². The summed E-state index contributed by atoms with van der Waals surface area (Å²) in [5.41, 5.74) is -1.20. The van der Waals surface area contributed by atoms with Gasteiger partial charge < -0.3 is 4.90 Å². The van der Waals surface area contributed by atoms with Crippen LogP contribution in [0.3, 0.4) is 0 Å². The summed E-state index contributed by atoms with van der Waals surface area (Å²) in [7, 11) is 0. The first-order valence-electron chi connectivity index (χ1n) is 6.29. The van der Waals surface area contributed by atoms with Gasteiger partial charge in [-0.2, -0.15) is 5.26 Å². The molecule has 1 atom stereocenters. The fraction of sp³-hybridized carbons (Fsp3) is 0.429. The van der Waals surface area contributed by atoms with Gasteiger partial charge >= 0.3 is 0 Å². The van der Waals surface area contributed by atoms with Crippen LogP contribution in [0.15, 0.2) is 12.1 Å². The van der Waals surface area contributed by atoms with E-state index in [9.17, 15) is 13.6 Å². The number of likely N-dealkylation sites (N-methyl/N-ethyl adjacent to an activating group) is 1. The first-order valence-corrected chi connectivity index (χ1v) is 6.29. The first-order chi connectivity index (χ1) is 9.31. The molecule has 1 saturated heterocycles. The smallest absolute Gasteiger partial charge is 0.243 e. The highest BCUT2D eigenvalue weighted by Gasteiger charge is 2.46. The molecule has 1 heterocycles. The number of carbonyl (C=O) groups is 1. The van der Waals surface area contributed by atoms with Crippen molar-refractivity contribution in [1.82, 2.24) is 10.2 Å². The topological polar surface area (TPSA) is 56.1 Å². The van der Waals surface area contributed by atoms with E-state index in [0.717, 1.165) is 12.1 Å². The molecule has 0 saturated carbocycles. The third-order valence-corrected chi connectivity index (χ3v) is 3.43. The van der Waals surface area contributed by atoms with Gasteiger partial charge in [-0.05, 0) is 32.9 Å². The molecule has 6 heteroatoms. The number of nitriles is 1. The lowest BCUT2D eigenvalue weighted by Crippen LogP contribution is -2.40. The molecule has 1 aliphatic rings. The van der Waals surface area contributed by atoms with Crippen LogP contribution < -0.4 is 5.32 Å². The maximum Gasteiger partial charge on any atom is 0.243 e. The summed E-state index contributed by atoms with van der Waals surface area (Å²) >= 11 is 0. The van der Waals surface area contributed by atoms with Crippen molar-refractivity contribution in [2.45, 2.75) is 32.5 Å². The van der Waals surface area contributed by atoms with Crippen molar-refractivity contribution in [3.05, 3.63) is 34.9 Å². The SMILES string of the molecule is CCN1C(=O)C(C)(C)NC1c1c(F)cc(C#N)cc1F. The maximum atomic E-state index is 14.1. The average Bonchev–Trinajstić information content (AvgIpc) is 2.59. The van der Waals surface area contributed by atoms with Crippen molar-refractivity contribution >= 4 is 5.91 Å². The average molecular weight is 279 g/mol. The minimum absolute atomic E-state index is 0.0876. The van der Waals surface area contributed by atoms with Crippen molar-refractivity contribution < 1.29 is 13.6 Å².